The Morgan fingerprint density at radius 2 is 1.98 bits per heavy atom. The molecule has 2 unspecified atom stereocenters. The average Bonchev–Trinajstić information content (AvgIpc) is 3.01. The van der Waals surface area contributed by atoms with Crippen LogP contribution in [0.25, 0.3) is 22.0 Å². The van der Waals surface area contributed by atoms with Crippen molar-refractivity contribution < 1.29 is 18.7 Å². The molecule has 2 N–H and O–H groups in total. The van der Waals surface area contributed by atoms with Gasteiger partial charge in [0.1, 0.15) is 17.6 Å². The van der Waals surface area contributed by atoms with Gasteiger partial charge in [-0.1, -0.05) is 24.3 Å². The molecule has 8 nitrogen and oxygen atoms in total. The number of carbonyl (C=O) groups is 1. The molecule has 2 fully saturated rings. The van der Waals surface area contributed by atoms with E-state index in [1.54, 1.807) is 19.2 Å². The molecule has 0 saturated carbocycles. The van der Waals surface area contributed by atoms with E-state index >= 15 is 4.39 Å². The van der Waals surface area contributed by atoms with Crippen LogP contribution in [0.3, 0.4) is 0 Å². The van der Waals surface area contributed by atoms with Crippen LogP contribution in [-0.4, -0.2) is 74.0 Å². The van der Waals surface area contributed by atoms with E-state index in [1.807, 2.05) is 50.2 Å². The highest BCUT2D eigenvalue weighted by molar-refractivity contribution is 5.99. The third-order valence-electron chi connectivity index (χ3n) is 8.09. The number of hydrogen-bond donors (Lipinski definition) is 2. The van der Waals surface area contributed by atoms with Crippen LogP contribution in [-0.2, 0) is 4.74 Å². The topological polar surface area (TPSA) is 99.5 Å². The molecule has 1 aromatic heterocycles. The molecule has 2 aromatic carbocycles. The van der Waals surface area contributed by atoms with Crippen LogP contribution in [0.5, 0.6) is 5.75 Å². The SMILES string of the molecule is COc1ccc2ccc(-c3cccc(C(=O)NC4CCN(C5CCOCC5)CC4F)n3)cc2c1NCC(C)(C)C#N. The van der Waals surface area contributed by atoms with Gasteiger partial charge in [0.25, 0.3) is 5.91 Å². The van der Waals surface area contributed by atoms with Crippen molar-refractivity contribution in [3.05, 3.63) is 54.2 Å². The molecular weight excluding hydrogens is 521 g/mol. The number of rotatable bonds is 8. The first-order chi connectivity index (χ1) is 19.8. The second-order valence-electron chi connectivity index (χ2n) is 11.6. The maximum Gasteiger partial charge on any atom is 0.270 e. The summed E-state index contributed by atoms with van der Waals surface area (Å²) >= 11 is 0. The first-order valence-corrected chi connectivity index (χ1v) is 14.3. The Bertz CT molecular complexity index is 1430. The molecule has 2 atom stereocenters. The predicted octanol–water partition coefficient (Wildman–Crippen LogP) is 5.19. The summed E-state index contributed by atoms with van der Waals surface area (Å²) in [4.78, 5) is 20.0. The molecule has 0 radical (unpaired) electrons. The van der Waals surface area contributed by atoms with Gasteiger partial charge >= 0.3 is 0 Å². The first-order valence-electron chi connectivity index (χ1n) is 14.3. The van der Waals surface area contributed by atoms with Gasteiger partial charge in [0.2, 0.25) is 0 Å². The van der Waals surface area contributed by atoms with Crippen LogP contribution in [0.4, 0.5) is 10.1 Å². The van der Waals surface area contributed by atoms with Gasteiger partial charge in [-0.05, 0) is 62.8 Å². The lowest BCUT2D eigenvalue weighted by molar-refractivity contribution is 0.00511. The zero-order valence-electron chi connectivity index (χ0n) is 24.0. The molecule has 216 valence electrons. The number of ether oxygens (including phenoxy) is 2. The molecule has 3 heterocycles. The maximum atomic E-state index is 15.1. The van der Waals surface area contributed by atoms with E-state index in [4.69, 9.17) is 9.47 Å². The number of amides is 1. The molecule has 5 rings (SSSR count). The Balaban J connectivity index is 1.33. The summed E-state index contributed by atoms with van der Waals surface area (Å²) in [5, 5.41) is 17.7. The Labute approximate surface area is 240 Å². The molecule has 2 aliphatic heterocycles. The Hall–Kier alpha value is -3.74. The number of nitrogens with one attached hydrogen (secondary N) is 2. The van der Waals surface area contributed by atoms with Crippen LogP contribution in [0.2, 0.25) is 0 Å². The highest BCUT2D eigenvalue weighted by Gasteiger charge is 2.34. The van der Waals surface area contributed by atoms with E-state index in [2.05, 4.69) is 26.6 Å². The lowest BCUT2D eigenvalue weighted by Gasteiger charge is -2.40. The number of nitriles is 1. The van der Waals surface area contributed by atoms with E-state index < -0.39 is 17.6 Å². The fourth-order valence-corrected chi connectivity index (χ4v) is 5.60. The van der Waals surface area contributed by atoms with Crippen molar-refractivity contribution in [2.45, 2.75) is 51.4 Å². The van der Waals surface area contributed by atoms with Crippen LogP contribution in [0.15, 0.2) is 48.5 Å². The van der Waals surface area contributed by atoms with Gasteiger partial charge in [0.05, 0.1) is 36.0 Å². The molecule has 9 heteroatoms. The highest BCUT2D eigenvalue weighted by Crippen LogP contribution is 2.36. The summed E-state index contributed by atoms with van der Waals surface area (Å²) in [6, 6.07) is 17.3. The summed E-state index contributed by atoms with van der Waals surface area (Å²) in [7, 11) is 1.62. The monoisotopic (exact) mass is 559 g/mol. The molecule has 41 heavy (non-hydrogen) atoms. The van der Waals surface area contributed by atoms with Crippen molar-refractivity contribution >= 4 is 22.4 Å². The Kier molecular flexibility index (Phi) is 8.71. The molecule has 3 aromatic rings. The molecular formula is C32H38FN5O3. The number of methoxy groups -OCH3 is 1. The number of likely N-dealkylation sites (tertiary alicyclic amines) is 1. The molecule has 0 bridgehead atoms. The van der Waals surface area contributed by atoms with Crippen molar-refractivity contribution in [1.82, 2.24) is 15.2 Å². The normalized spacial score (nSPS) is 20.4. The Morgan fingerprint density at radius 3 is 2.71 bits per heavy atom. The number of halogens is 1. The average molecular weight is 560 g/mol. The highest BCUT2D eigenvalue weighted by atomic mass is 19.1. The first kappa shape index (κ1) is 28.8. The number of fused-ring (bicyclic) bond motifs is 1. The smallest absolute Gasteiger partial charge is 0.270 e. The molecule has 2 saturated heterocycles. The second kappa shape index (κ2) is 12.4. The number of piperidine rings is 1. The van der Waals surface area contributed by atoms with E-state index in [9.17, 15) is 10.1 Å². The fourth-order valence-electron chi connectivity index (χ4n) is 5.60. The number of nitrogens with zero attached hydrogens (tertiary/aromatic N) is 3. The number of pyridine rings is 1. The second-order valence-corrected chi connectivity index (χ2v) is 11.6. The van der Waals surface area contributed by atoms with Gasteiger partial charge in [-0.2, -0.15) is 5.26 Å². The number of anilines is 1. The van der Waals surface area contributed by atoms with Crippen LogP contribution in [0.1, 0.15) is 43.6 Å². The molecule has 2 aliphatic rings. The largest absolute Gasteiger partial charge is 0.495 e. The van der Waals surface area contributed by atoms with E-state index in [-0.39, 0.29) is 11.6 Å². The van der Waals surface area contributed by atoms with Crippen LogP contribution in [0, 0.1) is 16.7 Å². The number of benzene rings is 2. The third kappa shape index (κ3) is 6.61. The van der Waals surface area contributed by atoms with Gasteiger partial charge in [-0.3, -0.25) is 9.69 Å². The van der Waals surface area contributed by atoms with Crippen molar-refractivity contribution in [1.29, 1.82) is 5.26 Å². The minimum absolute atomic E-state index is 0.251. The van der Waals surface area contributed by atoms with Gasteiger partial charge < -0.3 is 20.1 Å². The molecule has 0 spiro atoms. The van der Waals surface area contributed by atoms with E-state index in [0.29, 0.717) is 37.0 Å². The third-order valence-corrected chi connectivity index (χ3v) is 8.09. The lowest BCUT2D eigenvalue weighted by atomic mass is 9.95. The predicted molar refractivity (Wildman–Crippen MR) is 158 cm³/mol. The zero-order chi connectivity index (χ0) is 29.0. The number of alkyl halides is 1. The van der Waals surface area contributed by atoms with Crippen molar-refractivity contribution in [2.24, 2.45) is 5.41 Å². The van der Waals surface area contributed by atoms with Crippen molar-refractivity contribution in [3.8, 4) is 23.1 Å². The summed E-state index contributed by atoms with van der Waals surface area (Å²) in [6.07, 6.45) is 1.29. The summed E-state index contributed by atoms with van der Waals surface area (Å²) in [5.74, 6) is 0.302. The number of aromatic nitrogens is 1. The molecule has 0 aliphatic carbocycles. The minimum Gasteiger partial charge on any atom is -0.495 e. The molecule has 1 amide bonds. The minimum atomic E-state index is -1.13. The summed E-state index contributed by atoms with van der Waals surface area (Å²) < 4.78 is 26.2. The quantitative estimate of drug-likeness (QED) is 0.392. The van der Waals surface area contributed by atoms with E-state index in [0.717, 1.165) is 54.6 Å². The lowest BCUT2D eigenvalue weighted by Crippen LogP contribution is -2.55. The standard InChI is InChI=1S/C32H38FN5O3/c1-32(2,19-34)20-35-30-24-17-22(8-7-21(24)9-10-29(30)40-3)26-5-4-6-28(36-26)31(39)37-27-11-14-38(18-25(27)33)23-12-15-41-16-13-23/h4-10,17,23,25,27,35H,11-16,18,20H2,1-3H3,(H,37,39). The summed E-state index contributed by atoms with van der Waals surface area (Å²) in [6.45, 7) is 6.73. The van der Waals surface area contributed by atoms with Crippen LogP contribution >= 0.6 is 0 Å². The van der Waals surface area contributed by atoms with Crippen LogP contribution < -0.4 is 15.4 Å². The Morgan fingerprint density at radius 1 is 1.20 bits per heavy atom. The number of carbonyl (C=O) groups excluding carboxylic acids is 1. The van der Waals surface area contributed by atoms with Crippen molar-refractivity contribution in [2.75, 3.05) is 45.3 Å². The maximum absolute atomic E-state index is 15.1. The summed E-state index contributed by atoms with van der Waals surface area (Å²) in [5.41, 5.74) is 1.95. The van der Waals surface area contributed by atoms with Gasteiger partial charge in [0, 0.05) is 49.8 Å². The fraction of sp³-hybridized carbons (Fsp3) is 0.469. The zero-order valence-corrected chi connectivity index (χ0v) is 24.0. The van der Waals surface area contributed by atoms with Gasteiger partial charge in [-0.25, -0.2) is 9.37 Å². The van der Waals surface area contributed by atoms with Gasteiger partial charge in [-0.15, -0.1) is 0 Å². The van der Waals surface area contributed by atoms with E-state index in [1.165, 1.54) is 0 Å². The van der Waals surface area contributed by atoms with Crippen molar-refractivity contribution in [3.63, 3.8) is 0 Å². The van der Waals surface area contributed by atoms with Gasteiger partial charge in [0.15, 0.2) is 0 Å². The number of hydrogen-bond acceptors (Lipinski definition) is 7.